The highest BCUT2D eigenvalue weighted by Gasteiger charge is 2.37. The van der Waals surface area contributed by atoms with Crippen molar-refractivity contribution in [2.75, 3.05) is 18.8 Å². The van der Waals surface area contributed by atoms with Gasteiger partial charge in [0.1, 0.15) is 0 Å². The summed E-state index contributed by atoms with van der Waals surface area (Å²) in [6, 6.07) is 0. The molecule has 1 aliphatic rings. The maximum absolute atomic E-state index is 12.3. The van der Waals surface area contributed by atoms with Crippen LogP contribution in [-0.4, -0.2) is 36.8 Å². The lowest BCUT2D eigenvalue weighted by Crippen LogP contribution is -2.46. The van der Waals surface area contributed by atoms with Gasteiger partial charge in [-0.2, -0.15) is 0 Å². The highest BCUT2D eigenvalue weighted by atomic mass is 35.5. The van der Waals surface area contributed by atoms with Crippen molar-refractivity contribution in [2.45, 2.75) is 34.1 Å². The van der Waals surface area contributed by atoms with E-state index in [0.717, 1.165) is 6.42 Å². The zero-order chi connectivity index (χ0) is 14.1. The van der Waals surface area contributed by atoms with Crippen LogP contribution >= 0.6 is 11.6 Å². The van der Waals surface area contributed by atoms with Crippen LogP contribution in [0.1, 0.15) is 34.1 Å². The maximum Gasteiger partial charge on any atom is 0.228 e. The van der Waals surface area contributed by atoms with E-state index in [1.54, 1.807) is 13.8 Å². The fourth-order valence-electron chi connectivity index (χ4n) is 2.44. The normalized spacial score (nSPS) is 27.2. The van der Waals surface area contributed by atoms with Gasteiger partial charge >= 0.3 is 0 Å². The molecule has 2 unspecified atom stereocenters. The van der Waals surface area contributed by atoms with Crippen LogP contribution in [0.25, 0.3) is 0 Å². The van der Waals surface area contributed by atoms with E-state index in [-0.39, 0.29) is 5.75 Å². The van der Waals surface area contributed by atoms with Crippen LogP contribution in [-0.2, 0) is 14.8 Å². The van der Waals surface area contributed by atoms with E-state index >= 15 is 0 Å². The zero-order valence-corrected chi connectivity index (χ0v) is 13.0. The van der Waals surface area contributed by atoms with E-state index in [4.69, 9.17) is 11.6 Å². The molecule has 0 aromatic rings. The SMILES string of the molecule is CC1CC(C)CN(S(=O)(=O)CC(C)(C)C(=O)Cl)C1. The minimum Gasteiger partial charge on any atom is -0.281 e. The summed E-state index contributed by atoms with van der Waals surface area (Å²) < 4.78 is 26.1. The number of halogens is 1. The lowest BCUT2D eigenvalue weighted by molar-refractivity contribution is -0.118. The van der Waals surface area contributed by atoms with Crippen LogP contribution < -0.4 is 0 Å². The molecule has 1 rings (SSSR count). The number of hydrogen-bond acceptors (Lipinski definition) is 3. The number of rotatable bonds is 4. The Morgan fingerprint density at radius 3 is 2.11 bits per heavy atom. The first-order chi connectivity index (χ1) is 8.04. The number of sulfonamides is 1. The first kappa shape index (κ1) is 15.9. The maximum atomic E-state index is 12.3. The molecule has 0 N–H and O–H groups in total. The molecule has 0 aromatic heterocycles. The molecule has 1 aliphatic heterocycles. The molecule has 0 bridgehead atoms. The Balaban J connectivity index is 2.84. The van der Waals surface area contributed by atoms with Gasteiger partial charge in [-0.05, 0) is 29.9 Å². The molecule has 18 heavy (non-hydrogen) atoms. The van der Waals surface area contributed by atoms with Crippen molar-refractivity contribution in [1.29, 1.82) is 0 Å². The molecule has 106 valence electrons. The molecule has 0 aliphatic carbocycles. The minimum absolute atomic E-state index is 0.220. The quantitative estimate of drug-likeness (QED) is 0.746. The van der Waals surface area contributed by atoms with Crippen LogP contribution in [0.15, 0.2) is 0 Å². The second-order valence-corrected chi connectivity index (χ2v) is 8.49. The summed E-state index contributed by atoms with van der Waals surface area (Å²) in [5, 5.41) is -0.607. The standard InChI is InChI=1S/C12H22ClNO3S/c1-9-5-10(2)7-14(6-9)18(16,17)8-12(3,4)11(13)15/h9-10H,5-8H2,1-4H3. The fraction of sp³-hybridized carbons (Fsp3) is 0.917. The van der Waals surface area contributed by atoms with Crippen LogP contribution in [0.4, 0.5) is 0 Å². The average molecular weight is 296 g/mol. The molecule has 0 radical (unpaired) electrons. The van der Waals surface area contributed by atoms with Gasteiger partial charge in [-0.3, -0.25) is 4.79 Å². The predicted molar refractivity (Wildman–Crippen MR) is 72.9 cm³/mol. The monoisotopic (exact) mass is 295 g/mol. The van der Waals surface area contributed by atoms with Gasteiger partial charge in [-0.25, -0.2) is 12.7 Å². The Morgan fingerprint density at radius 2 is 1.72 bits per heavy atom. The summed E-state index contributed by atoms with van der Waals surface area (Å²) >= 11 is 5.45. The lowest BCUT2D eigenvalue weighted by Gasteiger charge is -2.35. The summed E-state index contributed by atoms with van der Waals surface area (Å²) in [5.74, 6) is 0.499. The Kier molecular flexibility index (Phi) is 4.84. The van der Waals surface area contributed by atoms with Gasteiger partial charge in [0.25, 0.3) is 0 Å². The van der Waals surface area contributed by atoms with E-state index in [1.165, 1.54) is 4.31 Å². The van der Waals surface area contributed by atoms with Crippen molar-refractivity contribution in [3.8, 4) is 0 Å². The fourth-order valence-corrected chi connectivity index (χ4v) is 4.77. The molecule has 4 nitrogen and oxygen atoms in total. The molecular weight excluding hydrogens is 274 g/mol. The van der Waals surface area contributed by atoms with Gasteiger partial charge in [-0.1, -0.05) is 27.7 Å². The molecular formula is C12H22ClNO3S. The highest BCUT2D eigenvalue weighted by molar-refractivity contribution is 7.89. The van der Waals surface area contributed by atoms with Gasteiger partial charge in [0.2, 0.25) is 15.3 Å². The van der Waals surface area contributed by atoms with E-state index in [2.05, 4.69) is 13.8 Å². The van der Waals surface area contributed by atoms with Crippen molar-refractivity contribution in [2.24, 2.45) is 17.3 Å². The zero-order valence-electron chi connectivity index (χ0n) is 11.4. The molecule has 0 aromatic carbocycles. The Bertz CT molecular complexity index is 409. The Hall–Kier alpha value is -0.130. The molecule has 1 heterocycles. The van der Waals surface area contributed by atoms with Gasteiger partial charge < -0.3 is 0 Å². The third-order valence-corrected chi connectivity index (χ3v) is 5.99. The molecule has 6 heteroatoms. The Labute approximate surface area is 115 Å². The number of hydrogen-bond donors (Lipinski definition) is 0. The smallest absolute Gasteiger partial charge is 0.228 e. The average Bonchev–Trinajstić information content (AvgIpc) is 2.13. The minimum atomic E-state index is -3.42. The number of carbonyl (C=O) groups excluding carboxylic acids is 1. The van der Waals surface area contributed by atoms with Gasteiger partial charge in [0.15, 0.2) is 0 Å². The second-order valence-electron chi connectivity index (χ2n) is 6.18. The van der Waals surface area contributed by atoms with Crippen molar-refractivity contribution < 1.29 is 13.2 Å². The topological polar surface area (TPSA) is 54.5 Å². The third-order valence-electron chi connectivity index (χ3n) is 3.30. The predicted octanol–water partition coefficient (Wildman–Crippen LogP) is 2.09. The van der Waals surface area contributed by atoms with Gasteiger partial charge in [0, 0.05) is 13.1 Å². The van der Waals surface area contributed by atoms with Gasteiger partial charge in [-0.15, -0.1) is 0 Å². The summed E-state index contributed by atoms with van der Waals surface area (Å²) in [6.07, 6.45) is 1.05. The molecule has 0 saturated carbocycles. The molecule has 2 atom stereocenters. The molecule has 0 spiro atoms. The lowest BCUT2D eigenvalue weighted by atomic mass is 9.94. The van der Waals surface area contributed by atoms with E-state index < -0.39 is 20.7 Å². The van der Waals surface area contributed by atoms with Crippen molar-refractivity contribution >= 4 is 26.9 Å². The van der Waals surface area contributed by atoms with Crippen LogP contribution in [0, 0.1) is 17.3 Å². The van der Waals surface area contributed by atoms with Crippen LogP contribution in [0.5, 0.6) is 0 Å². The number of nitrogens with zero attached hydrogens (tertiary/aromatic N) is 1. The van der Waals surface area contributed by atoms with E-state index in [0.29, 0.717) is 24.9 Å². The van der Waals surface area contributed by atoms with Crippen LogP contribution in [0.3, 0.4) is 0 Å². The highest BCUT2D eigenvalue weighted by Crippen LogP contribution is 2.28. The number of piperidine rings is 1. The van der Waals surface area contributed by atoms with E-state index in [9.17, 15) is 13.2 Å². The first-order valence-corrected chi connectivity index (χ1v) is 8.21. The van der Waals surface area contributed by atoms with Gasteiger partial charge in [0.05, 0.1) is 11.2 Å². The van der Waals surface area contributed by atoms with Crippen molar-refractivity contribution in [3.05, 3.63) is 0 Å². The first-order valence-electron chi connectivity index (χ1n) is 6.22. The summed E-state index contributed by atoms with van der Waals surface area (Å²) in [5.41, 5.74) is -1.04. The summed E-state index contributed by atoms with van der Waals surface area (Å²) in [7, 11) is -3.42. The third kappa shape index (κ3) is 3.93. The molecule has 1 fully saturated rings. The Morgan fingerprint density at radius 1 is 1.28 bits per heavy atom. The van der Waals surface area contributed by atoms with Crippen LogP contribution in [0.2, 0.25) is 0 Å². The summed E-state index contributed by atoms with van der Waals surface area (Å²) in [6.45, 7) is 8.32. The van der Waals surface area contributed by atoms with Crippen molar-refractivity contribution in [1.82, 2.24) is 4.31 Å². The largest absolute Gasteiger partial charge is 0.281 e. The number of carbonyl (C=O) groups is 1. The molecule has 1 saturated heterocycles. The second kappa shape index (κ2) is 5.47. The molecule has 0 amide bonds. The van der Waals surface area contributed by atoms with Crippen molar-refractivity contribution in [3.63, 3.8) is 0 Å². The van der Waals surface area contributed by atoms with E-state index in [1.807, 2.05) is 0 Å². The summed E-state index contributed by atoms with van der Waals surface area (Å²) in [4.78, 5) is 11.2.